The molecule has 0 radical (unpaired) electrons. The molecule has 0 aliphatic carbocycles. The van der Waals surface area contributed by atoms with Gasteiger partial charge in [-0.15, -0.1) is 0 Å². The number of carboxylic acid groups (broad SMARTS) is 2. The first kappa shape index (κ1) is 19.2. The first-order valence-electron chi connectivity index (χ1n) is 7.17. The van der Waals surface area contributed by atoms with Gasteiger partial charge < -0.3 is 20.8 Å². The van der Waals surface area contributed by atoms with Crippen molar-refractivity contribution in [2.24, 2.45) is 5.41 Å². The van der Waals surface area contributed by atoms with Crippen molar-refractivity contribution in [3.63, 3.8) is 0 Å². The largest absolute Gasteiger partial charge is 0.481 e. The van der Waals surface area contributed by atoms with Gasteiger partial charge in [0.15, 0.2) is 0 Å². The minimum Gasteiger partial charge on any atom is -0.481 e. The van der Waals surface area contributed by atoms with Crippen LogP contribution in [0.2, 0.25) is 0 Å². The average Bonchev–Trinajstić information content (AvgIpc) is 2.35. The summed E-state index contributed by atoms with van der Waals surface area (Å²) in [4.78, 5) is 33.0. The topological polar surface area (TPSA) is 116 Å². The Morgan fingerprint density at radius 3 is 2.24 bits per heavy atom. The van der Waals surface area contributed by atoms with Crippen LogP contribution in [0.1, 0.15) is 52.9 Å². The molecule has 0 aromatic rings. The first-order valence-corrected chi connectivity index (χ1v) is 7.17. The number of hydrogen-bond donors (Lipinski definition) is 4. The Balaban J connectivity index is 4.22. The van der Waals surface area contributed by atoms with E-state index < -0.39 is 30.4 Å². The molecule has 0 fully saturated rings. The van der Waals surface area contributed by atoms with Crippen LogP contribution in [-0.4, -0.2) is 40.8 Å². The van der Waals surface area contributed by atoms with E-state index in [2.05, 4.69) is 17.6 Å². The molecule has 0 saturated heterocycles. The molecule has 122 valence electrons. The Morgan fingerprint density at radius 1 is 1.14 bits per heavy atom. The molecule has 0 rings (SSSR count). The van der Waals surface area contributed by atoms with Gasteiger partial charge in [0, 0.05) is 6.54 Å². The van der Waals surface area contributed by atoms with E-state index in [4.69, 9.17) is 10.2 Å². The maximum atomic E-state index is 11.6. The summed E-state index contributed by atoms with van der Waals surface area (Å²) < 4.78 is 0. The van der Waals surface area contributed by atoms with Gasteiger partial charge >= 0.3 is 18.0 Å². The summed E-state index contributed by atoms with van der Waals surface area (Å²) in [6.45, 7) is 6.57. The van der Waals surface area contributed by atoms with Crippen LogP contribution < -0.4 is 10.6 Å². The lowest BCUT2D eigenvalue weighted by molar-refractivity contribution is -0.145. The fourth-order valence-electron chi connectivity index (χ4n) is 1.85. The minimum atomic E-state index is -1.43. The van der Waals surface area contributed by atoms with E-state index in [9.17, 15) is 14.4 Å². The van der Waals surface area contributed by atoms with E-state index in [0.29, 0.717) is 6.54 Å². The molecular weight excluding hydrogens is 276 g/mol. The maximum absolute atomic E-state index is 11.6. The second kappa shape index (κ2) is 9.20. The zero-order valence-electron chi connectivity index (χ0n) is 12.9. The van der Waals surface area contributed by atoms with Crippen LogP contribution in [-0.2, 0) is 9.59 Å². The molecule has 7 heteroatoms. The van der Waals surface area contributed by atoms with E-state index in [1.54, 1.807) is 0 Å². The average molecular weight is 302 g/mol. The lowest BCUT2D eigenvalue weighted by atomic mass is 9.87. The van der Waals surface area contributed by atoms with Crippen molar-refractivity contribution in [2.45, 2.75) is 58.9 Å². The molecule has 2 amide bonds. The molecule has 0 aromatic carbocycles. The Bertz CT molecular complexity index is 368. The third-order valence-corrected chi connectivity index (χ3v) is 3.17. The zero-order chi connectivity index (χ0) is 16.5. The molecular formula is C14H26N2O5. The van der Waals surface area contributed by atoms with Crippen LogP contribution in [0.3, 0.4) is 0 Å². The number of urea groups is 1. The lowest BCUT2D eigenvalue weighted by Gasteiger charge is -2.25. The molecule has 1 unspecified atom stereocenters. The van der Waals surface area contributed by atoms with Crippen LogP contribution in [0.5, 0.6) is 0 Å². The van der Waals surface area contributed by atoms with Gasteiger partial charge in [0.1, 0.15) is 6.04 Å². The van der Waals surface area contributed by atoms with E-state index in [-0.39, 0.29) is 5.41 Å². The number of nitrogens with one attached hydrogen (secondary N) is 2. The van der Waals surface area contributed by atoms with Gasteiger partial charge in [-0.1, -0.05) is 40.0 Å². The van der Waals surface area contributed by atoms with E-state index in [1.165, 1.54) is 0 Å². The van der Waals surface area contributed by atoms with Crippen molar-refractivity contribution in [3.05, 3.63) is 0 Å². The van der Waals surface area contributed by atoms with Crippen molar-refractivity contribution in [1.29, 1.82) is 0 Å². The Labute approximate surface area is 125 Å². The van der Waals surface area contributed by atoms with Crippen molar-refractivity contribution in [2.75, 3.05) is 6.54 Å². The van der Waals surface area contributed by atoms with Crippen molar-refractivity contribution in [1.82, 2.24) is 10.6 Å². The highest BCUT2D eigenvalue weighted by molar-refractivity contribution is 5.86. The van der Waals surface area contributed by atoms with E-state index in [0.717, 1.165) is 25.7 Å². The normalized spacial score (nSPS) is 12.5. The summed E-state index contributed by atoms with van der Waals surface area (Å²) in [7, 11) is 0. The summed E-state index contributed by atoms with van der Waals surface area (Å²) >= 11 is 0. The number of carbonyl (C=O) groups excluding carboxylic acids is 1. The molecule has 0 aromatic heterocycles. The predicted molar refractivity (Wildman–Crippen MR) is 78.1 cm³/mol. The van der Waals surface area contributed by atoms with Gasteiger partial charge in [0.05, 0.1) is 6.42 Å². The van der Waals surface area contributed by atoms with Gasteiger partial charge in [-0.3, -0.25) is 4.79 Å². The van der Waals surface area contributed by atoms with E-state index in [1.807, 2.05) is 13.8 Å². The SMILES string of the molecule is CCCCCC(C)(C)CNC(=O)NC(CC(=O)O)C(=O)O. The highest BCUT2D eigenvalue weighted by Gasteiger charge is 2.24. The zero-order valence-corrected chi connectivity index (χ0v) is 12.9. The Kier molecular flexibility index (Phi) is 8.42. The summed E-state index contributed by atoms with van der Waals surface area (Å²) in [6, 6.07) is -2.09. The molecule has 0 aliphatic heterocycles. The molecule has 0 aliphatic rings. The van der Waals surface area contributed by atoms with Crippen LogP contribution in [0, 0.1) is 5.41 Å². The molecule has 0 saturated carbocycles. The van der Waals surface area contributed by atoms with Gasteiger partial charge in [-0.05, 0) is 11.8 Å². The second-order valence-corrected chi connectivity index (χ2v) is 5.94. The highest BCUT2D eigenvalue weighted by atomic mass is 16.4. The number of unbranched alkanes of at least 4 members (excludes halogenated alkanes) is 2. The van der Waals surface area contributed by atoms with Gasteiger partial charge in [-0.25, -0.2) is 9.59 Å². The van der Waals surface area contributed by atoms with Crippen LogP contribution in [0.15, 0.2) is 0 Å². The number of rotatable bonds is 10. The summed E-state index contributed by atoms with van der Waals surface area (Å²) in [5.41, 5.74) is -0.0853. The molecule has 21 heavy (non-hydrogen) atoms. The molecule has 0 bridgehead atoms. The van der Waals surface area contributed by atoms with Crippen LogP contribution in [0.25, 0.3) is 0 Å². The summed E-state index contributed by atoms with van der Waals surface area (Å²) in [6.07, 6.45) is 3.64. The molecule has 4 N–H and O–H groups in total. The van der Waals surface area contributed by atoms with Gasteiger partial charge in [0.25, 0.3) is 0 Å². The lowest BCUT2D eigenvalue weighted by Crippen LogP contribution is -2.48. The van der Waals surface area contributed by atoms with Gasteiger partial charge in [-0.2, -0.15) is 0 Å². The number of amides is 2. The molecule has 0 heterocycles. The van der Waals surface area contributed by atoms with Crippen molar-refractivity contribution in [3.8, 4) is 0 Å². The third kappa shape index (κ3) is 9.70. The minimum absolute atomic E-state index is 0.0853. The summed E-state index contributed by atoms with van der Waals surface area (Å²) in [5.74, 6) is -2.64. The third-order valence-electron chi connectivity index (χ3n) is 3.17. The van der Waals surface area contributed by atoms with Crippen molar-refractivity contribution < 1.29 is 24.6 Å². The first-order chi connectivity index (χ1) is 9.68. The smallest absolute Gasteiger partial charge is 0.326 e. The number of hydrogen-bond acceptors (Lipinski definition) is 3. The van der Waals surface area contributed by atoms with Crippen molar-refractivity contribution >= 4 is 18.0 Å². The highest BCUT2D eigenvalue weighted by Crippen LogP contribution is 2.22. The number of carbonyl (C=O) groups is 3. The summed E-state index contributed by atoms with van der Waals surface area (Å²) in [5, 5.41) is 22.2. The Hall–Kier alpha value is -1.79. The van der Waals surface area contributed by atoms with Crippen LogP contribution >= 0.6 is 0 Å². The Morgan fingerprint density at radius 2 is 1.76 bits per heavy atom. The standard InChI is InChI=1S/C14H26N2O5/c1-4-5-6-7-14(2,3)9-15-13(21)16-10(12(19)20)8-11(17)18/h10H,4-9H2,1-3H3,(H,17,18)(H,19,20)(H2,15,16,21). The second-order valence-electron chi connectivity index (χ2n) is 5.94. The molecule has 0 spiro atoms. The van der Waals surface area contributed by atoms with Gasteiger partial charge in [0.2, 0.25) is 0 Å². The predicted octanol–water partition coefficient (Wildman–Crippen LogP) is 1.82. The molecule has 7 nitrogen and oxygen atoms in total. The maximum Gasteiger partial charge on any atom is 0.326 e. The number of carboxylic acids is 2. The fraction of sp³-hybridized carbons (Fsp3) is 0.786. The van der Waals surface area contributed by atoms with E-state index >= 15 is 0 Å². The quantitative estimate of drug-likeness (QED) is 0.459. The molecule has 1 atom stereocenters. The van der Waals surface area contributed by atoms with Crippen LogP contribution in [0.4, 0.5) is 4.79 Å². The fourth-order valence-corrected chi connectivity index (χ4v) is 1.85. The number of aliphatic carboxylic acids is 2. The monoisotopic (exact) mass is 302 g/mol.